The SMILES string of the molecule is CN1C(=O)Cc2cc(S(=O)(=O)NCc3ccccc3Cn3cccn3)ccc21. The van der Waals surface area contributed by atoms with E-state index in [2.05, 4.69) is 9.82 Å². The number of carbonyl (C=O) groups excluding carboxylic acids is 1. The highest BCUT2D eigenvalue weighted by Gasteiger charge is 2.26. The normalized spacial score (nSPS) is 13.8. The molecular formula is C20H20N4O3S. The van der Waals surface area contributed by atoms with Gasteiger partial charge in [0, 0.05) is 31.7 Å². The van der Waals surface area contributed by atoms with Crippen molar-refractivity contribution in [3.8, 4) is 0 Å². The molecule has 2 heterocycles. The first-order valence-corrected chi connectivity index (χ1v) is 10.4. The standard InChI is InChI=1S/C20H20N4O3S/c1-23-19-8-7-18(11-17(19)12-20(23)25)28(26,27)22-13-15-5-2-3-6-16(15)14-24-10-4-9-21-24/h2-11,22H,12-14H2,1H3. The Morgan fingerprint density at radius 2 is 1.89 bits per heavy atom. The molecule has 4 rings (SSSR count). The van der Waals surface area contributed by atoms with Gasteiger partial charge in [-0.15, -0.1) is 0 Å². The Morgan fingerprint density at radius 3 is 2.64 bits per heavy atom. The second kappa shape index (κ2) is 7.21. The lowest BCUT2D eigenvalue weighted by Crippen LogP contribution is -2.24. The molecule has 1 amide bonds. The van der Waals surface area contributed by atoms with Crippen LogP contribution in [0.4, 0.5) is 5.69 Å². The number of anilines is 1. The fourth-order valence-corrected chi connectivity index (χ4v) is 4.38. The molecule has 1 aromatic heterocycles. The van der Waals surface area contributed by atoms with Crippen LogP contribution >= 0.6 is 0 Å². The minimum absolute atomic E-state index is 0.0370. The summed E-state index contributed by atoms with van der Waals surface area (Å²) < 4.78 is 30.0. The third-order valence-electron chi connectivity index (χ3n) is 4.90. The molecule has 7 nitrogen and oxygen atoms in total. The average Bonchev–Trinajstić information content (AvgIpc) is 3.29. The number of carbonyl (C=O) groups is 1. The summed E-state index contributed by atoms with van der Waals surface area (Å²) in [4.78, 5) is 13.5. The molecule has 0 aliphatic carbocycles. The number of hydrogen-bond acceptors (Lipinski definition) is 4. The highest BCUT2D eigenvalue weighted by atomic mass is 32.2. The summed E-state index contributed by atoms with van der Waals surface area (Å²) in [7, 11) is -2.00. The summed E-state index contributed by atoms with van der Waals surface area (Å²) in [6, 6.07) is 14.3. The van der Waals surface area contributed by atoms with E-state index in [-0.39, 0.29) is 23.8 Å². The molecule has 144 valence electrons. The van der Waals surface area contributed by atoms with Crippen LogP contribution in [0, 0.1) is 0 Å². The van der Waals surface area contributed by atoms with Crippen molar-refractivity contribution in [2.24, 2.45) is 0 Å². The topological polar surface area (TPSA) is 84.3 Å². The molecule has 3 aromatic rings. The first-order valence-electron chi connectivity index (χ1n) is 8.87. The van der Waals surface area contributed by atoms with E-state index in [0.29, 0.717) is 6.54 Å². The van der Waals surface area contributed by atoms with Crippen LogP contribution in [0.25, 0.3) is 0 Å². The van der Waals surface area contributed by atoms with Crippen molar-refractivity contribution in [3.05, 3.63) is 77.6 Å². The number of rotatable bonds is 6. The fraction of sp³-hybridized carbons (Fsp3) is 0.200. The zero-order chi connectivity index (χ0) is 19.7. The zero-order valence-electron chi connectivity index (χ0n) is 15.4. The molecule has 2 aromatic carbocycles. The van der Waals surface area contributed by atoms with Crippen molar-refractivity contribution >= 4 is 21.6 Å². The van der Waals surface area contributed by atoms with E-state index in [0.717, 1.165) is 22.4 Å². The second-order valence-corrected chi connectivity index (χ2v) is 8.48. The van der Waals surface area contributed by atoms with Crippen molar-refractivity contribution in [1.29, 1.82) is 0 Å². The number of likely N-dealkylation sites (N-methyl/N-ethyl adjacent to an activating group) is 1. The number of nitrogens with one attached hydrogen (secondary N) is 1. The Labute approximate surface area is 163 Å². The number of amides is 1. The number of nitrogens with zero attached hydrogens (tertiary/aromatic N) is 3. The lowest BCUT2D eigenvalue weighted by molar-refractivity contribution is -0.117. The highest BCUT2D eigenvalue weighted by molar-refractivity contribution is 7.89. The molecule has 0 saturated heterocycles. The van der Waals surface area contributed by atoms with Crippen LogP contribution < -0.4 is 9.62 Å². The molecule has 0 fully saturated rings. The van der Waals surface area contributed by atoms with E-state index < -0.39 is 10.0 Å². The number of sulfonamides is 1. The third-order valence-corrected chi connectivity index (χ3v) is 6.30. The van der Waals surface area contributed by atoms with Crippen LogP contribution in [0.2, 0.25) is 0 Å². The number of hydrogen-bond donors (Lipinski definition) is 1. The van der Waals surface area contributed by atoms with Crippen molar-refractivity contribution < 1.29 is 13.2 Å². The van der Waals surface area contributed by atoms with Gasteiger partial charge in [0.2, 0.25) is 15.9 Å². The summed E-state index contributed by atoms with van der Waals surface area (Å²) in [5.41, 5.74) is 3.37. The molecule has 0 saturated carbocycles. The van der Waals surface area contributed by atoms with Crippen molar-refractivity contribution in [1.82, 2.24) is 14.5 Å². The fourth-order valence-electron chi connectivity index (χ4n) is 3.32. The molecule has 0 radical (unpaired) electrons. The lowest BCUT2D eigenvalue weighted by atomic mass is 10.1. The van der Waals surface area contributed by atoms with Crippen LogP contribution in [-0.2, 0) is 34.3 Å². The Bertz CT molecular complexity index is 1120. The van der Waals surface area contributed by atoms with E-state index in [1.807, 2.05) is 36.5 Å². The largest absolute Gasteiger partial charge is 0.315 e. The predicted octanol–water partition coefficient (Wildman–Crippen LogP) is 1.93. The first kappa shape index (κ1) is 18.4. The van der Waals surface area contributed by atoms with Gasteiger partial charge >= 0.3 is 0 Å². The second-order valence-electron chi connectivity index (χ2n) is 6.72. The zero-order valence-corrected chi connectivity index (χ0v) is 16.2. The smallest absolute Gasteiger partial charge is 0.240 e. The Morgan fingerprint density at radius 1 is 1.11 bits per heavy atom. The summed E-state index contributed by atoms with van der Waals surface area (Å²) in [6.07, 6.45) is 3.80. The molecular weight excluding hydrogens is 376 g/mol. The Hall–Kier alpha value is -2.97. The maximum absolute atomic E-state index is 12.8. The molecule has 1 aliphatic rings. The maximum atomic E-state index is 12.8. The van der Waals surface area contributed by atoms with Gasteiger partial charge in [-0.2, -0.15) is 5.10 Å². The first-order chi connectivity index (χ1) is 13.4. The number of benzene rings is 2. The van der Waals surface area contributed by atoms with Gasteiger partial charge in [0.05, 0.1) is 17.9 Å². The van der Waals surface area contributed by atoms with E-state index in [4.69, 9.17) is 0 Å². The molecule has 28 heavy (non-hydrogen) atoms. The Balaban J connectivity index is 1.53. The van der Waals surface area contributed by atoms with Crippen LogP contribution in [0.3, 0.4) is 0 Å². The van der Waals surface area contributed by atoms with Gasteiger partial charge < -0.3 is 4.90 Å². The number of aromatic nitrogens is 2. The minimum Gasteiger partial charge on any atom is -0.315 e. The van der Waals surface area contributed by atoms with Crippen molar-refractivity contribution in [2.45, 2.75) is 24.4 Å². The highest BCUT2D eigenvalue weighted by Crippen LogP contribution is 2.29. The monoisotopic (exact) mass is 396 g/mol. The summed E-state index contributed by atoms with van der Waals surface area (Å²) in [5.74, 6) is -0.0370. The molecule has 1 aliphatic heterocycles. The van der Waals surface area contributed by atoms with Crippen LogP contribution in [0.5, 0.6) is 0 Å². The quantitative estimate of drug-likeness (QED) is 0.690. The third kappa shape index (κ3) is 3.56. The van der Waals surface area contributed by atoms with Crippen LogP contribution in [0.15, 0.2) is 65.8 Å². The predicted molar refractivity (Wildman–Crippen MR) is 105 cm³/mol. The molecule has 0 atom stereocenters. The minimum atomic E-state index is -3.70. The van der Waals surface area contributed by atoms with Gasteiger partial charge in [-0.1, -0.05) is 24.3 Å². The molecule has 0 spiro atoms. The van der Waals surface area contributed by atoms with Gasteiger partial charge in [-0.25, -0.2) is 13.1 Å². The summed E-state index contributed by atoms with van der Waals surface area (Å²) in [5, 5.41) is 4.20. The van der Waals surface area contributed by atoms with Gasteiger partial charge in [0.1, 0.15) is 0 Å². The van der Waals surface area contributed by atoms with Crippen molar-refractivity contribution in [3.63, 3.8) is 0 Å². The van der Waals surface area contributed by atoms with E-state index in [1.165, 1.54) is 6.07 Å². The van der Waals surface area contributed by atoms with E-state index in [1.54, 1.807) is 35.0 Å². The van der Waals surface area contributed by atoms with Crippen LogP contribution in [-0.4, -0.2) is 31.2 Å². The molecule has 1 N–H and O–H groups in total. The van der Waals surface area contributed by atoms with Crippen molar-refractivity contribution in [2.75, 3.05) is 11.9 Å². The Kier molecular flexibility index (Phi) is 4.74. The molecule has 0 bridgehead atoms. The lowest BCUT2D eigenvalue weighted by Gasteiger charge is -2.13. The number of fused-ring (bicyclic) bond motifs is 1. The van der Waals surface area contributed by atoms with Gasteiger partial charge in [0.25, 0.3) is 0 Å². The molecule has 0 unspecified atom stereocenters. The summed E-state index contributed by atoms with van der Waals surface area (Å²) in [6.45, 7) is 0.744. The maximum Gasteiger partial charge on any atom is 0.240 e. The van der Waals surface area contributed by atoms with E-state index >= 15 is 0 Å². The summed E-state index contributed by atoms with van der Waals surface area (Å²) >= 11 is 0. The molecule has 8 heteroatoms. The van der Waals surface area contributed by atoms with E-state index in [9.17, 15) is 13.2 Å². The van der Waals surface area contributed by atoms with Gasteiger partial charge in [0.15, 0.2) is 0 Å². The van der Waals surface area contributed by atoms with Gasteiger partial charge in [-0.3, -0.25) is 9.48 Å². The van der Waals surface area contributed by atoms with Crippen LogP contribution in [0.1, 0.15) is 16.7 Å². The average molecular weight is 396 g/mol. The van der Waals surface area contributed by atoms with Gasteiger partial charge in [-0.05, 0) is 41.0 Å².